The largest absolute Gasteiger partial charge is 0.497 e. The minimum Gasteiger partial charge on any atom is -0.497 e. The second kappa shape index (κ2) is 7.04. The molecule has 1 aliphatic heterocycles. The number of ether oxygens (including phenoxy) is 1. The summed E-state index contributed by atoms with van der Waals surface area (Å²) in [5.41, 5.74) is 0.216. The fourth-order valence-electron chi connectivity index (χ4n) is 3.22. The molecular weight excluding hydrogens is 358 g/mol. The van der Waals surface area contributed by atoms with Gasteiger partial charge >= 0.3 is 0 Å². The molecular formula is C16H21N5O4S. The Bertz CT molecular complexity index is 872. The molecule has 0 aliphatic carbocycles. The SMILES string of the molecule is COc1cccc(S(=O)(=O)N2C[C@@H](C)N(C(=O)c3cn[nH]n3)[C@@H](C)C2)c1. The molecule has 140 valence electrons. The number of piperazine rings is 1. The molecule has 1 N–H and O–H groups in total. The zero-order valence-corrected chi connectivity index (χ0v) is 15.6. The van der Waals surface area contributed by atoms with Gasteiger partial charge in [-0.25, -0.2) is 8.42 Å². The quantitative estimate of drug-likeness (QED) is 0.839. The van der Waals surface area contributed by atoms with Crippen LogP contribution in [0.3, 0.4) is 0 Å². The first kappa shape index (κ1) is 18.3. The number of hydrogen-bond acceptors (Lipinski definition) is 6. The highest BCUT2D eigenvalue weighted by Gasteiger charge is 2.39. The van der Waals surface area contributed by atoms with Gasteiger partial charge in [-0.05, 0) is 26.0 Å². The lowest BCUT2D eigenvalue weighted by Gasteiger charge is -2.43. The van der Waals surface area contributed by atoms with Crippen LogP contribution in [0.1, 0.15) is 24.3 Å². The molecule has 1 aliphatic rings. The van der Waals surface area contributed by atoms with Gasteiger partial charge < -0.3 is 9.64 Å². The zero-order chi connectivity index (χ0) is 18.9. The maximum Gasteiger partial charge on any atom is 0.276 e. The molecule has 2 aromatic rings. The Kier molecular flexibility index (Phi) is 4.97. The van der Waals surface area contributed by atoms with Crippen LogP contribution >= 0.6 is 0 Å². The van der Waals surface area contributed by atoms with Crippen LogP contribution in [-0.2, 0) is 10.0 Å². The Hall–Kier alpha value is -2.46. The van der Waals surface area contributed by atoms with Gasteiger partial charge in [0.05, 0.1) is 18.2 Å². The van der Waals surface area contributed by atoms with E-state index in [2.05, 4.69) is 15.4 Å². The molecule has 9 nitrogen and oxygen atoms in total. The van der Waals surface area contributed by atoms with Gasteiger partial charge in [-0.15, -0.1) is 0 Å². The van der Waals surface area contributed by atoms with Gasteiger partial charge in [0.1, 0.15) is 5.75 Å². The number of aromatic amines is 1. The molecule has 2 heterocycles. The van der Waals surface area contributed by atoms with Crippen molar-refractivity contribution in [3.05, 3.63) is 36.2 Å². The number of methoxy groups -OCH3 is 1. The van der Waals surface area contributed by atoms with Crippen molar-refractivity contribution in [2.24, 2.45) is 0 Å². The third kappa shape index (κ3) is 3.29. The Balaban J connectivity index is 1.83. The molecule has 3 rings (SSSR count). The second-order valence-electron chi connectivity index (χ2n) is 6.27. The monoisotopic (exact) mass is 379 g/mol. The molecule has 26 heavy (non-hydrogen) atoms. The summed E-state index contributed by atoms with van der Waals surface area (Å²) in [5, 5.41) is 9.90. The predicted octanol–water partition coefficient (Wildman–Crippen LogP) is 0.737. The Morgan fingerprint density at radius 1 is 1.27 bits per heavy atom. The topological polar surface area (TPSA) is 108 Å². The first-order valence-electron chi connectivity index (χ1n) is 8.17. The molecule has 0 saturated carbocycles. The van der Waals surface area contributed by atoms with Gasteiger partial charge in [0.2, 0.25) is 10.0 Å². The number of carbonyl (C=O) groups excluding carboxylic acids is 1. The van der Waals surface area contributed by atoms with Gasteiger partial charge in [-0.1, -0.05) is 6.07 Å². The lowest BCUT2D eigenvalue weighted by atomic mass is 10.1. The molecule has 1 aromatic carbocycles. The predicted molar refractivity (Wildman–Crippen MR) is 93.2 cm³/mol. The lowest BCUT2D eigenvalue weighted by molar-refractivity contribution is 0.0434. The van der Waals surface area contributed by atoms with Gasteiger partial charge in [0.15, 0.2) is 5.69 Å². The number of amides is 1. The summed E-state index contributed by atoms with van der Waals surface area (Å²) < 4.78 is 32.5. The van der Waals surface area contributed by atoms with E-state index in [0.29, 0.717) is 5.75 Å². The maximum atomic E-state index is 13.0. The second-order valence-corrected chi connectivity index (χ2v) is 8.20. The molecule has 1 aromatic heterocycles. The fraction of sp³-hybridized carbons (Fsp3) is 0.438. The van der Waals surface area contributed by atoms with Crippen molar-refractivity contribution in [3.8, 4) is 5.75 Å². The smallest absolute Gasteiger partial charge is 0.276 e. The molecule has 10 heteroatoms. The van der Waals surface area contributed by atoms with E-state index in [1.165, 1.54) is 23.7 Å². The van der Waals surface area contributed by atoms with Crippen molar-refractivity contribution in [3.63, 3.8) is 0 Å². The van der Waals surface area contributed by atoms with Gasteiger partial charge in [0, 0.05) is 31.2 Å². The van der Waals surface area contributed by atoms with Crippen LogP contribution in [0.15, 0.2) is 35.4 Å². The third-order valence-corrected chi connectivity index (χ3v) is 6.26. The van der Waals surface area contributed by atoms with E-state index in [4.69, 9.17) is 4.74 Å². The number of benzene rings is 1. The van der Waals surface area contributed by atoms with Crippen LogP contribution in [0, 0.1) is 0 Å². The molecule has 1 fully saturated rings. The summed E-state index contributed by atoms with van der Waals surface area (Å²) >= 11 is 0. The number of nitrogens with zero attached hydrogens (tertiary/aromatic N) is 4. The van der Waals surface area contributed by atoms with Crippen LogP contribution in [0.4, 0.5) is 0 Å². The van der Waals surface area contributed by atoms with Gasteiger partial charge in [0.25, 0.3) is 5.91 Å². The van der Waals surface area contributed by atoms with E-state index in [1.54, 1.807) is 23.1 Å². The number of aromatic nitrogens is 3. The number of rotatable bonds is 4. The van der Waals surface area contributed by atoms with Crippen molar-refractivity contribution >= 4 is 15.9 Å². The van der Waals surface area contributed by atoms with E-state index in [9.17, 15) is 13.2 Å². The van der Waals surface area contributed by atoms with Gasteiger partial charge in [-0.2, -0.15) is 19.7 Å². The summed E-state index contributed by atoms with van der Waals surface area (Å²) in [4.78, 5) is 14.4. The lowest BCUT2D eigenvalue weighted by Crippen LogP contribution is -2.59. The highest BCUT2D eigenvalue weighted by Crippen LogP contribution is 2.26. The van der Waals surface area contributed by atoms with Crippen molar-refractivity contribution in [2.75, 3.05) is 20.2 Å². The molecule has 2 atom stereocenters. The highest BCUT2D eigenvalue weighted by molar-refractivity contribution is 7.89. The van der Waals surface area contributed by atoms with E-state index in [1.807, 2.05) is 13.8 Å². The summed E-state index contributed by atoms with van der Waals surface area (Å²) in [6.07, 6.45) is 1.36. The van der Waals surface area contributed by atoms with Crippen molar-refractivity contribution in [1.82, 2.24) is 24.6 Å². The molecule has 0 bridgehead atoms. The van der Waals surface area contributed by atoms with Crippen LogP contribution < -0.4 is 4.74 Å². The Labute approximate surface area is 152 Å². The van der Waals surface area contributed by atoms with Crippen LogP contribution in [-0.4, -0.2) is 71.2 Å². The average Bonchev–Trinajstić information content (AvgIpc) is 3.15. The number of H-pyrrole nitrogens is 1. The highest BCUT2D eigenvalue weighted by atomic mass is 32.2. The molecule has 0 spiro atoms. The van der Waals surface area contributed by atoms with E-state index < -0.39 is 10.0 Å². The number of nitrogens with one attached hydrogen (secondary N) is 1. The molecule has 0 radical (unpaired) electrons. The minimum atomic E-state index is -3.68. The zero-order valence-electron chi connectivity index (χ0n) is 14.8. The van der Waals surface area contributed by atoms with E-state index in [-0.39, 0.29) is 41.7 Å². The minimum absolute atomic E-state index is 0.174. The van der Waals surface area contributed by atoms with Crippen LogP contribution in [0.25, 0.3) is 0 Å². The first-order chi connectivity index (χ1) is 12.3. The fourth-order valence-corrected chi connectivity index (χ4v) is 4.86. The Morgan fingerprint density at radius 3 is 2.54 bits per heavy atom. The molecule has 1 saturated heterocycles. The summed E-state index contributed by atoms with van der Waals surface area (Å²) in [6.45, 7) is 4.05. The number of sulfonamides is 1. The summed E-state index contributed by atoms with van der Waals surface area (Å²) in [5.74, 6) is 0.212. The van der Waals surface area contributed by atoms with E-state index in [0.717, 1.165) is 0 Å². The van der Waals surface area contributed by atoms with Crippen LogP contribution in [0.2, 0.25) is 0 Å². The first-order valence-corrected chi connectivity index (χ1v) is 9.61. The summed E-state index contributed by atoms with van der Waals surface area (Å²) in [6, 6.07) is 5.77. The van der Waals surface area contributed by atoms with Gasteiger partial charge in [-0.3, -0.25) is 4.79 Å². The van der Waals surface area contributed by atoms with Crippen LogP contribution in [0.5, 0.6) is 5.75 Å². The normalized spacial score (nSPS) is 21.6. The number of hydrogen-bond donors (Lipinski definition) is 1. The van der Waals surface area contributed by atoms with Crippen molar-refractivity contribution in [2.45, 2.75) is 30.8 Å². The van der Waals surface area contributed by atoms with Crippen molar-refractivity contribution < 1.29 is 17.9 Å². The Morgan fingerprint density at radius 2 is 1.96 bits per heavy atom. The van der Waals surface area contributed by atoms with Crippen molar-refractivity contribution in [1.29, 1.82) is 0 Å². The standard InChI is InChI=1S/C16H21N5O4S/c1-11-9-20(26(23,24)14-6-4-5-13(7-14)25-3)10-12(2)21(11)16(22)15-8-17-19-18-15/h4-8,11-12H,9-10H2,1-3H3,(H,17,18,19)/t11-,12+. The average molecular weight is 379 g/mol. The third-order valence-electron chi connectivity index (χ3n) is 4.43. The molecule has 0 unspecified atom stereocenters. The van der Waals surface area contributed by atoms with E-state index >= 15 is 0 Å². The molecule has 1 amide bonds. The summed E-state index contributed by atoms with van der Waals surface area (Å²) in [7, 11) is -2.19. The number of carbonyl (C=O) groups is 1. The maximum absolute atomic E-state index is 13.0.